The Balaban J connectivity index is 1.18. The van der Waals surface area contributed by atoms with Gasteiger partial charge in [-0.15, -0.1) is 0 Å². The number of allylic oxidation sites excluding steroid dienone is 4. The summed E-state index contributed by atoms with van der Waals surface area (Å²) in [7, 11) is 0. The molecule has 2 aromatic carbocycles. The highest BCUT2D eigenvalue weighted by Crippen LogP contribution is 2.45. The summed E-state index contributed by atoms with van der Waals surface area (Å²) in [6.45, 7) is 0. The minimum atomic E-state index is -0.634. The third-order valence-corrected chi connectivity index (χ3v) is 9.91. The second-order valence-electron chi connectivity index (χ2n) is 12.9. The van der Waals surface area contributed by atoms with E-state index in [1.54, 1.807) is 49.6 Å². The predicted molar refractivity (Wildman–Crippen MR) is 211 cm³/mol. The van der Waals surface area contributed by atoms with Crippen LogP contribution in [0.4, 0.5) is 0 Å². The Hall–Kier alpha value is -8.44. The van der Waals surface area contributed by atoms with Gasteiger partial charge in [0.15, 0.2) is 0 Å². The lowest BCUT2D eigenvalue weighted by molar-refractivity contribution is 0.936. The molecule has 6 heterocycles. The maximum Gasteiger partial charge on any atom is 0.0979 e. The van der Waals surface area contributed by atoms with Crippen LogP contribution in [0.2, 0.25) is 0 Å². The molecule has 2 N–H and O–H groups in total. The smallest absolute Gasteiger partial charge is 0.0979 e. The zero-order chi connectivity index (χ0) is 38.4. The fourth-order valence-corrected chi connectivity index (χ4v) is 7.25. The van der Waals surface area contributed by atoms with Crippen LogP contribution in [-0.4, -0.2) is 19.9 Å². The van der Waals surface area contributed by atoms with Gasteiger partial charge in [-0.05, 0) is 70.8 Å². The van der Waals surface area contributed by atoms with Gasteiger partial charge >= 0.3 is 0 Å². The molecule has 8 rings (SSSR count). The van der Waals surface area contributed by atoms with Gasteiger partial charge in [0, 0.05) is 71.8 Å². The first-order valence-electron chi connectivity index (χ1n) is 17.6. The van der Waals surface area contributed by atoms with Crippen LogP contribution in [0.5, 0.6) is 0 Å². The Kier molecular flexibility index (Phi) is 9.44. The van der Waals surface area contributed by atoms with Crippen LogP contribution in [-0.2, 0) is 0 Å². The summed E-state index contributed by atoms with van der Waals surface area (Å²) in [5, 5.41) is 49.1. The zero-order valence-corrected chi connectivity index (χ0v) is 29.6. The largest absolute Gasteiger partial charge is 0.353 e. The zero-order valence-electron chi connectivity index (χ0n) is 29.6. The van der Waals surface area contributed by atoms with E-state index in [2.05, 4.69) is 54.8 Å². The molecule has 10 nitrogen and oxygen atoms in total. The van der Waals surface area contributed by atoms with Gasteiger partial charge in [-0.25, -0.2) is 0 Å². The van der Waals surface area contributed by atoms with E-state index in [-0.39, 0.29) is 0 Å². The van der Waals surface area contributed by atoms with E-state index in [0.29, 0.717) is 45.1 Å². The molecule has 10 heteroatoms. The molecule has 2 aliphatic heterocycles. The van der Waals surface area contributed by atoms with Gasteiger partial charge < -0.3 is 10.6 Å². The van der Waals surface area contributed by atoms with Crippen molar-refractivity contribution in [3.63, 3.8) is 0 Å². The highest BCUT2D eigenvalue weighted by Gasteiger charge is 2.35. The molecule has 0 atom stereocenters. The van der Waals surface area contributed by atoms with Crippen molar-refractivity contribution in [2.75, 3.05) is 0 Å². The van der Waals surface area contributed by atoms with Crippen molar-refractivity contribution < 1.29 is 0 Å². The van der Waals surface area contributed by atoms with Crippen molar-refractivity contribution in [1.29, 1.82) is 21.0 Å². The van der Waals surface area contributed by atoms with Crippen LogP contribution in [0.15, 0.2) is 169 Å². The minimum Gasteiger partial charge on any atom is -0.353 e. The van der Waals surface area contributed by atoms with Crippen molar-refractivity contribution in [2.45, 2.75) is 11.8 Å². The lowest BCUT2D eigenvalue weighted by Crippen LogP contribution is -2.24. The first kappa shape index (κ1) is 34.6. The highest BCUT2D eigenvalue weighted by molar-refractivity contribution is 5.90. The van der Waals surface area contributed by atoms with Gasteiger partial charge in [-0.1, -0.05) is 48.5 Å². The van der Waals surface area contributed by atoms with Crippen LogP contribution >= 0.6 is 0 Å². The third kappa shape index (κ3) is 6.33. The molecule has 0 spiro atoms. The minimum absolute atomic E-state index is 0.421. The summed E-state index contributed by atoms with van der Waals surface area (Å²) < 4.78 is 0. The van der Waals surface area contributed by atoms with Gasteiger partial charge in [-0.2, -0.15) is 21.0 Å². The van der Waals surface area contributed by atoms with Crippen LogP contribution in [0, 0.1) is 45.3 Å². The Morgan fingerprint density at radius 1 is 0.321 bits per heavy atom. The van der Waals surface area contributed by atoms with Crippen molar-refractivity contribution >= 4 is 22.8 Å². The number of hydrogen-bond acceptors (Lipinski definition) is 10. The van der Waals surface area contributed by atoms with Gasteiger partial charge in [0.2, 0.25) is 0 Å². The van der Waals surface area contributed by atoms with Gasteiger partial charge in [0.05, 0.1) is 81.2 Å². The molecule has 6 aromatic rings. The van der Waals surface area contributed by atoms with Crippen LogP contribution in [0.25, 0.3) is 33.9 Å². The van der Waals surface area contributed by atoms with Gasteiger partial charge in [0.1, 0.15) is 0 Å². The molecule has 0 radical (unpaired) electrons. The summed E-state index contributed by atoms with van der Waals surface area (Å²) in [5.41, 5.74) is 10.6. The summed E-state index contributed by atoms with van der Waals surface area (Å²) in [5.74, 6) is -1.27. The third-order valence-electron chi connectivity index (χ3n) is 9.91. The first-order valence-corrected chi connectivity index (χ1v) is 17.6. The molecular formula is C46H28N10. The maximum atomic E-state index is 10.6. The van der Waals surface area contributed by atoms with Crippen molar-refractivity contribution in [1.82, 2.24) is 30.6 Å². The van der Waals surface area contributed by atoms with Gasteiger partial charge in [0.25, 0.3) is 0 Å². The summed E-state index contributed by atoms with van der Waals surface area (Å²) in [4.78, 5) is 16.6. The van der Waals surface area contributed by atoms with E-state index < -0.39 is 11.8 Å². The number of nitriles is 4. The molecule has 0 fully saturated rings. The quantitative estimate of drug-likeness (QED) is 0.164. The maximum absolute atomic E-state index is 10.6. The molecule has 0 amide bonds. The molecule has 0 saturated carbocycles. The number of nitrogens with one attached hydrogen (secondary N) is 2. The van der Waals surface area contributed by atoms with E-state index in [4.69, 9.17) is 0 Å². The lowest BCUT2D eigenvalue weighted by Gasteiger charge is -2.29. The summed E-state index contributed by atoms with van der Waals surface area (Å²) in [6.07, 6.45) is 13.4. The molecule has 262 valence electrons. The number of pyridine rings is 4. The second-order valence-corrected chi connectivity index (χ2v) is 12.9. The van der Waals surface area contributed by atoms with E-state index in [9.17, 15) is 21.0 Å². The van der Waals surface area contributed by atoms with E-state index in [1.807, 2.05) is 97.1 Å². The Morgan fingerprint density at radius 3 is 0.768 bits per heavy atom. The van der Waals surface area contributed by atoms with Crippen molar-refractivity contribution in [2.24, 2.45) is 0 Å². The number of hydrogen-bond donors (Lipinski definition) is 2. The Morgan fingerprint density at radius 2 is 0.554 bits per heavy atom. The number of benzene rings is 2. The summed E-state index contributed by atoms with van der Waals surface area (Å²) >= 11 is 0. The Bertz CT molecular complexity index is 2400. The van der Waals surface area contributed by atoms with E-state index in [1.165, 1.54) is 0 Å². The highest BCUT2D eigenvalue weighted by atomic mass is 14.9. The Labute approximate surface area is 323 Å². The molecule has 2 aliphatic rings. The molecular weight excluding hydrogens is 693 g/mol. The van der Waals surface area contributed by atoms with Gasteiger partial charge in [-0.3, -0.25) is 19.9 Å². The summed E-state index contributed by atoms with van der Waals surface area (Å²) in [6, 6.07) is 40.0. The lowest BCUT2D eigenvalue weighted by atomic mass is 9.78. The normalized spacial score (nSPS) is 14.6. The number of rotatable bonds is 7. The van der Waals surface area contributed by atoms with Crippen LogP contribution in [0.1, 0.15) is 45.2 Å². The van der Waals surface area contributed by atoms with Crippen molar-refractivity contribution in [3.05, 3.63) is 202 Å². The molecule has 4 aromatic heterocycles. The predicted octanol–water partition coefficient (Wildman–Crippen LogP) is 8.05. The standard InChI is InChI=1S/C46H28N10/c47-25-37-41(38(26-48)44(34-11-19-52-20-12-34)55-43(37)33-9-17-51-18-10-33)31-5-1-29(2-6-31)30-3-7-32(8-4-30)42-39(27-49)45(35-13-21-53-22-14-35)56-46(40(42)28-50)36-15-23-54-24-16-36/h1-24,41-42,55-56H. The van der Waals surface area contributed by atoms with Crippen molar-refractivity contribution in [3.8, 4) is 35.4 Å². The number of nitrogens with zero attached hydrogens (tertiary/aromatic N) is 8. The molecule has 56 heavy (non-hydrogen) atoms. The fraction of sp³-hybridized carbons (Fsp3) is 0.0435. The number of aromatic nitrogens is 4. The second kappa shape index (κ2) is 15.3. The average molecular weight is 721 g/mol. The average Bonchev–Trinajstić information content (AvgIpc) is 3.28. The molecule has 0 aliphatic carbocycles. The monoisotopic (exact) mass is 720 g/mol. The molecule has 0 unspecified atom stereocenters. The van der Waals surface area contributed by atoms with Crippen LogP contribution in [0.3, 0.4) is 0 Å². The SMILES string of the molecule is N#CC1=C(c2ccncc2)NC(c2ccncc2)=C(C#N)C1c1ccc(-c2ccc(C3C(C#N)=C(c4ccncc4)NC(c4ccncc4)=C3C#N)cc2)cc1. The molecule has 0 saturated heterocycles. The topological polar surface area (TPSA) is 171 Å². The van der Waals surface area contributed by atoms with Crippen LogP contribution < -0.4 is 10.6 Å². The fourth-order valence-electron chi connectivity index (χ4n) is 7.25. The van der Waals surface area contributed by atoms with E-state index in [0.717, 1.165) is 44.5 Å². The number of dihydropyridines is 2. The van der Waals surface area contributed by atoms with E-state index >= 15 is 0 Å². The first-order chi connectivity index (χ1) is 27.6. The molecule has 0 bridgehead atoms.